The molecule has 1 rings (SSSR count). The highest BCUT2D eigenvalue weighted by atomic mass is 32.2. The van der Waals surface area contributed by atoms with E-state index in [0.717, 1.165) is 18.4 Å². The number of carbonyl (C=O) groups excluding carboxylic acids is 1. The molecular formula is C14H18F3NO3S. The third kappa shape index (κ3) is 5.67. The standard InChI is InChI=1S/C14H18F3NO3S/c1-9(8-22(3,20)21)13(19)18-10(2)11-5-4-6-12(7-11)14(15,16)17/h4-7,9-10H,8H2,1-3H3,(H,18,19)/t9-,10+/m0/s1. The van der Waals surface area contributed by atoms with Crippen molar-refractivity contribution in [1.29, 1.82) is 0 Å². The second-order valence-corrected chi connectivity index (χ2v) is 7.53. The first kappa shape index (κ1) is 18.5. The summed E-state index contributed by atoms with van der Waals surface area (Å²) >= 11 is 0. The molecule has 1 aromatic rings. The zero-order valence-corrected chi connectivity index (χ0v) is 13.3. The Hall–Kier alpha value is -1.57. The molecule has 0 unspecified atom stereocenters. The number of rotatable bonds is 5. The molecule has 2 atom stereocenters. The number of hydrogen-bond acceptors (Lipinski definition) is 3. The number of nitrogens with one attached hydrogen (secondary N) is 1. The molecule has 0 heterocycles. The molecule has 0 fully saturated rings. The van der Waals surface area contributed by atoms with E-state index in [2.05, 4.69) is 5.32 Å². The first-order valence-electron chi connectivity index (χ1n) is 6.55. The lowest BCUT2D eigenvalue weighted by atomic mass is 10.0. The summed E-state index contributed by atoms with van der Waals surface area (Å²) in [4.78, 5) is 11.9. The van der Waals surface area contributed by atoms with Crippen LogP contribution in [0.25, 0.3) is 0 Å². The van der Waals surface area contributed by atoms with E-state index in [0.29, 0.717) is 5.56 Å². The lowest BCUT2D eigenvalue weighted by molar-refractivity contribution is -0.137. The van der Waals surface area contributed by atoms with Crippen LogP contribution in [0.3, 0.4) is 0 Å². The van der Waals surface area contributed by atoms with E-state index < -0.39 is 39.4 Å². The Morgan fingerprint density at radius 1 is 1.27 bits per heavy atom. The van der Waals surface area contributed by atoms with Crippen LogP contribution >= 0.6 is 0 Å². The third-order valence-corrected chi connectivity index (χ3v) is 4.18. The number of halogens is 3. The van der Waals surface area contributed by atoms with Gasteiger partial charge in [-0.1, -0.05) is 19.1 Å². The zero-order chi connectivity index (χ0) is 17.1. The van der Waals surface area contributed by atoms with Gasteiger partial charge in [-0.25, -0.2) is 8.42 Å². The first-order chi connectivity index (χ1) is 9.90. The average molecular weight is 337 g/mol. The highest BCUT2D eigenvalue weighted by Crippen LogP contribution is 2.30. The van der Waals surface area contributed by atoms with Crippen molar-refractivity contribution in [3.63, 3.8) is 0 Å². The number of hydrogen-bond donors (Lipinski definition) is 1. The van der Waals surface area contributed by atoms with Gasteiger partial charge in [-0.05, 0) is 24.6 Å². The van der Waals surface area contributed by atoms with E-state index >= 15 is 0 Å². The van der Waals surface area contributed by atoms with Gasteiger partial charge in [0.2, 0.25) is 5.91 Å². The topological polar surface area (TPSA) is 63.2 Å². The van der Waals surface area contributed by atoms with Crippen molar-refractivity contribution in [2.75, 3.05) is 12.0 Å². The van der Waals surface area contributed by atoms with Gasteiger partial charge in [0.25, 0.3) is 0 Å². The molecule has 0 spiro atoms. The Bertz CT molecular complexity index is 641. The predicted molar refractivity (Wildman–Crippen MR) is 76.9 cm³/mol. The molecule has 124 valence electrons. The van der Waals surface area contributed by atoms with Crippen LogP contribution in [0.1, 0.15) is 31.0 Å². The number of amides is 1. The van der Waals surface area contributed by atoms with Crippen LogP contribution in [0.5, 0.6) is 0 Å². The minimum absolute atomic E-state index is 0.301. The molecule has 0 bridgehead atoms. The van der Waals surface area contributed by atoms with Gasteiger partial charge in [-0.15, -0.1) is 0 Å². The number of alkyl halides is 3. The molecular weight excluding hydrogens is 319 g/mol. The SMILES string of the molecule is C[C@@H](CS(C)(=O)=O)C(=O)N[C@H](C)c1cccc(C(F)(F)F)c1. The minimum atomic E-state index is -4.46. The molecule has 8 heteroatoms. The third-order valence-electron chi connectivity index (χ3n) is 3.07. The van der Waals surface area contributed by atoms with Crippen LogP contribution in [0.2, 0.25) is 0 Å². The van der Waals surface area contributed by atoms with E-state index in [4.69, 9.17) is 0 Å². The molecule has 0 aliphatic carbocycles. The van der Waals surface area contributed by atoms with Crippen molar-refractivity contribution >= 4 is 15.7 Å². The fourth-order valence-corrected chi connectivity index (χ4v) is 3.01. The van der Waals surface area contributed by atoms with E-state index in [-0.39, 0.29) is 5.75 Å². The smallest absolute Gasteiger partial charge is 0.349 e. The normalized spacial score (nSPS) is 15.2. The Morgan fingerprint density at radius 3 is 2.36 bits per heavy atom. The van der Waals surface area contributed by atoms with Crippen LogP contribution in [0.15, 0.2) is 24.3 Å². The maximum Gasteiger partial charge on any atom is 0.416 e. The Labute approximate surface area is 127 Å². The highest BCUT2D eigenvalue weighted by molar-refractivity contribution is 7.90. The number of carbonyl (C=O) groups is 1. The van der Waals surface area contributed by atoms with Crippen LogP contribution in [0.4, 0.5) is 13.2 Å². The Balaban J connectivity index is 2.81. The van der Waals surface area contributed by atoms with E-state index in [1.807, 2.05) is 0 Å². The van der Waals surface area contributed by atoms with Crippen molar-refractivity contribution < 1.29 is 26.4 Å². The van der Waals surface area contributed by atoms with Gasteiger partial charge in [0.1, 0.15) is 9.84 Å². The summed E-state index contributed by atoms with van der Waals surface area (Å²) in [6, 6.07) is 4.00. The first-order valence-corrected chi connectivity index (χ1v) is 8.61. The fraction of sp³-hybridized carbons (Fsp3) is 0.500. The van der Waals surface area contributed by atoms with E-state index in [1.165, 1.54) is 19.1 Å². The quantitative estimate of drug-likeness (QED) is 0.898. The summed E-state index contributed by atoms with van der Waals surface area (Å²) in [5.74, 6) is -1.60. The summed E-state index contributed by atoms with van der Waals surface area (Å²) in [5.41, 5.74) is -0.495. The van der Waals surface area contributed by atoms with Gasteiger partial charge in [0.15, 0.2) is 0 Å². The van der Waals surface area contributed by atoms with Gasteiger partial charge in [-0.2, -0.15) is 13.2 Å². The Kier molecular flexibility index (Phi) is 5.61. The fourth-order valence-electron chi connectivity index (χ4n) is 1.95. The van der Waals surface area contributed by atoms with Crippen LogP contribution < -0.4 is 5.32 Å². The van der Waals surface area contributed by atoms with Crippen molar-refractivity contribution in [2.24, 2.45) is 5.92 Å². The van der Waals surface area contributed by atoms with Crippen molar-refractivity contribution in [3.8, 4) is 0 Å². The molecule has 22 heavy (non-hydrogen) atoms. The molecule has 0 radical (unpaired) electrons. The minimum Gasteiger partial charge on any atom is -0.349 e. The molecule has 0 saturated heterocycles. The summed E-state index contributed by atoms with van der Waals surface area (Å²) in [6.45, 7) is 3.00. The van der Waals surface area contributed by atoms with Gasteiger partial charge < -0.3 is 5.32 Å². The molecule has 0 aliphatic rings. The summed E-state index contributed by atoms with van der Waals surface area (Å²) in [6.07, 6.45) is -3.43. The zero-order valence-electron chi connectivity index (χ0n) is 12.4. The van der Waals surface area contributed by atoms with Gasteiger partial charge in [0, 0.05) is 12.2 Å². The lowest BCUT2D eigenvalue weighted by Crippen LogP contribution is -2.34. The molecule has 1 aromatic carbocycles. The maximum absolute atomic E-state index is 12.7. The molecule has 1 N–H and O–H groups in total. The summed E-state index contributed by atoms with van der Waals surface area (Å²) in [7, 11) is -3.30. The van der Waals surface area contributed by atoms with Crippen molar-refractivity contribution in [3.05, 3.63) is 35.4 Å². The molecule has 0 aromatic heterocycles. The van der Waals surface area contributed by atoms with Crippen LogP contribution in [0, 0.1) is 5.92 Å². The average Bonchev–Trinajstić information content (AvgIpc) is 2.35. The molecule has 1 amide bonds. The van der Waals surface area contributed by atoms with Crippen LogP contribution in [-0.2, 0) is 20.8 Å². The monoisotopic (exact) mass is 337 g/mol. The van der Waals surface area contributed by atoms with Crippen LogP contribution in [-0.4, -0.2) is 26.3 Å². The van der Waals surface area contributed by atoms with Crippen molar-refractivity contribution in [1.82, 2.24) is 5.32 Å². The Morgan fingerprint density at radius 2 is 1.86 bits per heavy atom. The second-order valence-electron chi connectivity index (χ2n) is 5.35. The van der Waals surface area contributed by atoms with Gasteiger partial charge in [-0.3, -0.25) is 4.79 Å². The lowest BCUT2D eigenvalue weighted by Gasteiger charge is -2.18. The van der Waals surface area contributed by atoms with Gasteiger partial charge >= 0.3 is 6.18 Å². The summed E-state index contributed by atoms with van der Waals surface area (Å²) in [5, 5.41) is 2.53. The largest absolute Gasteiger partial charge is 0.416 e. The van der Waals surface area contributed by atoms with Crippen molar-refractivity contribution in [2.45, 2.75) is 26.1 Å². The highest BCUT2D eigenvalue weighted by Gasteiger charge is 2.31. The second kappa shape index (κ2) is 6.68. The van der Waals surface area contributed by atoms with E-state index in [1.54, 1.807) is 6.92 Å². The predicted octanol–water partition coefficient (Wildman–Crippen LogP) is 2.56. The maximum atomic E-state index is 12.7. The number of sulfone groups is 1. The summed E-state index contributed by atoms with van der Waals surface area (Å²) < 4.78 is 60.3. The molecule has 0 saturated carbocycles. The van der Waals surface area contributed by atoms with Gasteiger partial charge in [0.05, 0.1) is 17.4 Å². The molecule has 4 nitrogen and oxygen atoms in total. The van der Waals surface area contributed by atoms with E-state index in [9.17, 15) is 26.4 Å². The molecule has 0 aliphatic heterocycles. The number of benzene rings is 1.